The zero-order valence-corrected chi connectivity index (χ0v) is 9.57. The molecule has 3 atom stereocenters. The Labute approximate surface area is 92.6 Å². The molecule has 0 aromatic carbocycles. The van der Waals surface area contributed by atoms with Crippen molar-refractivity contribution < 1.29 is 5.11 Å². The van der Waals surface area contributed by atoms with E-state index in [9.17, 15) is 5.11 Å². The van der Waals surface area contributed by atoms with Crippen LogP contribution in [0.5, 0.6) is 0 Å². The number of hydrogen-bond acceptors (Lipinski definition) is 3. The molecule has 2 aliphatic rings. The van der Waals surface area contributed by atoms with Gasteiger partial charge in [0.2, 0.25) is 0 Å². The molecule has 3 heteroatoms. The van der Waals surface area contributed by atoms with Crippen LogP contribution in [0, 0.1) is 0 Å². The van der Waals surface area contributed by atoms with Crippen LogP contribution in [0.15, 0.2) is 0 Å². The first kappa shape index (κ1) is 11.4. The largest absolute Gasteiger partial charge is 0.391 e. The van der Waals surface area contributed by atoms with Gasteiger partial charge in [0.15, 0.2) is 0 Å². The summed E-state index contributed by atoms with van der Waals surface area (Å²) in [6.07, 6.45) is 8.13. The molecule has 1 saturated carbocycles. The normalized spacial score (nSPS) is 40.0. The third-order valence-electron chi connectivity index (χ3n) is 3.90. The van der Waals surface area contributed by atoms with E-state index >= 15 is 0 Å². The number of piperidine rings is 1. The number of likely N-dealkylation sites (tertiary alicyclic amines) is 1. The van der Waals surface area contributed by atoms with E-state index < -0.39 is 0 Å². The lowest BCUT2D eigenvalue weighted by atomic mass is 9.99. The van der Waals surface area contributed by atoms with E-state index in [4.69, 9.17) is 5.73 Å². The molecular weight excluding hydrogens is 188 g/mol. The smallest absolute Gasteiger partial charge is 0.0695 e. The summed E-state index contributed by atoms with van der Waals surface area (Å²) in [5, 5.41) is 10.1. The Balaban J connectivity index is 1.94. The SMILES string of the molecule is N[C@@H]1CCCN(C2CCCCCC2O)C1. The molecular formula is C12H24N2O. The Bertz CT molecular complexity index is 198. The van der Waals surface area contributed by atoms with Crippen LogP contribution in [-0.2, 0) is 0 Å². The quantitative estimate of drug-likeness (QED) is 0.640. The van der Waals surface area contributed by atoms with Gasteiger partial charge in [0, 0.05) is 18.6 Å². The molecule has 0 aromatic rings. The second-order valence-corrected chi connectivity index (χ2v) is 5.17. The van der Waals surface area contributed by atoms with Gasteiger partial charge in [-0.15, -0.1) is 0 Å². The van der Waals surface area contributed by atoms with Crippen molar-refractivity contribution in [1.29, 1.82) is 0 Å². The fraction of sp³-hybridized carbons (Fsp3) is 1.00. The second kappa shape index (κ2) is 5.28. The predicted molar refractivity (Wildman–Crippen MR) is 61.7 cm³/mol. The third kappa shape index (κ3) is 2.92. The summed E-state index contributed by atoms with van der Waals surface area (Å²) in [5.74, 6) is 0. The highest BCUT2D eigenvalue weighted by Crippen LogP contribution is 2.24. The standard InChI is InChI=1S/C12H24N2O/c13-10-5-4-8-14(9-10)11-6-2-1-3-7-12(11)15/h10-12,15H,1-9,13H2/t10-,11?,12?/m1/s1. The van der Waals surface area contributed by atoms with E-state index in [2.05, 4.69) is 4.90 Å². The summed E-state index contributed by atoms with van der Waals surface area (Å²) in [6.45, 7) is 2.12. The molecule has 15 heavy (non-hydrogen) atoms. The number of aliphatic hydroxyl groups is 1. The first-order valence-electron chi connectivity index (χ1n) is 6.45. The van der Waals surface area contributed by atoms with Gasteiger partial charge in [0.1, 0.15) is 0 Å². The Morgan fingerprint density at radius 3 is 2.60 bits per heavy atom. The van der Waals surface area contributed by atoms with Gasteiger partial charge in [0.25, 0.3) is 0 Å². The second-order valence-electron chi connectivity index (χ2n) is 5.17. The molecule has 0 spiro atoms. The maximum atomic E-state index is 10.1. The molecule has 3 N–H and O–H groups in total. The van der Waals surface area contributed by atoms with E-state index in [0.29, 0.717) is 12.1 Å². The highest BCUT2D eigenvalue weighted by molar-refractivity contribution is 4.86. The van der Waals surface area contributed by atoms with Crippen molar-refractivity contribution in [3.05, 3.63) is 0 Å². The van der Waals surface area contributed by atoms with Gasteiger partial charge in [0.05, 0.1) is 6.10 Å². The molecule has 1 heterocycles. The predicted octanol–water partition coefficient (Wildman–Crippen LogP) is 1.10. The van der Waals surface area contributed by atoms with Crippen LogP contribution < -0.4 is 5.73 Å². The number of aliphatic hydroxyl groups excluding tert-OH is 1. The van der Waals surface area contributed by atoms with E-state index in [-0.39, 0.29) is 6.10 Å². The van der Waals surface area contributed by atoms with Gasteiger partial charge >= 0.3 is 0 Å². The molecule has 88 valence electrons. The fourth-order valence-corrected chi connectivity index (χ4v) is 3.04. The molecule has 2 fully saturated rings. The highest BCUT2D eigenvalue weighted by atomic mass is 16.3. The van der Waals surface area contributed by atoms with Crippen molar-refractivity contribution in [1.82, 2.24) is 4.90 Å². The number of hydrogen-bond donors (Lipinski definition) is 2. The lowest BCUT2D eigenvalue weighted by Gasteiger charge is -2.38. The molecule has 0 radical (unpaired) electrons. The number of rotatable bonds is 1. The molecule has 2 unspecified atom stereocenters. The Hall–Kier alpha value is -0.120. The summed E-state index contributed by atoms with van der Waals surface area (Å²) in [6, 6.07) is 0.716. The summed E-state index contributed by atoms with van der Waals surface area (Å²) >= 11 is 0. The fourth-order valence-electron chi connectivity index (χ4n) is 3.04. The topological polar surface area (TPSA) is 49.5 Å². The molecule has 2 rings (SSSR count). The zero-order chi connectivity index (χ0) is 10.7. The van der Waals surface area contributed by atoms with Gasteiger partial charge in [-0.1, -0.05) is 19.3 Å². The first-order valence-corrected chi connectivity index (χ1v) is 6.45. The van der Waals surface area contributed by atoms with Crippen LogP contribution in [0.4, 0.5) is 0 Å². The van der Waals surface area contributed by atoms with Gasteiger partial charge in [-0.3, -0.25) is 4.90 Å². The minimum absolute atomic E-state index is 0.113. The molecule has 0 bridgehead atoms. The van der Waals surface area contributed by atoms with Crippen molar-refractivity contribution in [2.75, 3.05) is 13.1 Å². The van der Waals surface area contributed by atoms with Crippen LogP contribution in [0.2, 0.25) is 0 Å². The summed E-state index contributed by atoms with van der Waals surface area (Å²) in [4.78, 5) is 2.43. The monoisotopic (exact) mass is 212 g/mol. The molecule has 1 saturated heterocycles. The summed E-state index contributed by atoms with van der Waals surface area (Å²) in [7, 11) is 0. The lowest BCUT2D eigenvalue weighted by Crippen LogP contribution is -2.51. The first-order chi connectivity index (χ1) is 7.27. The molecule has 0 aromatic heterocycles. The molecule has 3 nitrogen and oxygen atoms in total. The zero-order valence-electron chi connectivity index (χ0n) is 9.57. The van der Waals surface area contributed by atoms with Crippen molar-refractivity contribution in [2.45, 2.75) is 63.1 Å². The Morgan fingerprint density at radius 1 is 1.00 bits per heavy atom. The Kier molecular flexibility index (Phi) is 4.00. The number of nitrogens with zero attached hydrogens (tertiary/aromatic N) is 1. The van der Waals surface area contributed by atoms with Crippen LogP contribution in [0.25, 0.3) is 0 Å². The van der Waals surface area contributed by atoms with E-state index in [0.717, 1.165) is 32.4 Å². The molecule has 0 amide bonds. The minimum Gasteiger partial charge on any atom is -0.391 e. The average Bonchev–Trinajstić information content (AvgIpc) is 2.43. The van der Waals surface area contributed by atoms with Gasteiger partial charge in [-0.25, -0.2) is 0 Å². The average molecular weight is 212 g/mol. The van der Waals surface area contributed by atoms with E-state index in [1.807, 2.05) is 0 Å². The molecule has 1 aliphatic carbocycles. The highest BCUT2D eigenvalue weighted by Gasteiger charge is 2.29. The van der Waals surface area contributed by atoms with E-state index in [1.54, 1.807) is 0 Å². The van der Waals surface area contributed by atoms with Crippen molar-refractivity contribution in [3.63, 3.8) is 0 Å². The van der Waals surface area contributed by atoms with Crippen LogP contribution in [-0.4, -0.2) is 41.3 Å². The van der Waals surface area contributed by atoms with Crippen molar-refractivity contribution >= 4 is 0 Å². The minimum atomic E-state index is -0.113. The molecule has 1 aliphatic heterocycles. The van der Waals surface area contributed by atoms with Gasteiger partial charge < -0.3 is 10.8 Å². The maximum absolute atomic E-state index is 10.1. The van der Waals surface area contributed by atoms with Crippen LogP contribution in [0.1, 0.15) is 44.9 Å². The van der Waals surface area contributed by atoms with Crippen LogP contribution in [0.3, 0.4) is 0 Å². The van der Waals surface area contributed by atoms with Gasteiger partial charge in [-0.05, 0) is 32.2 Å². The lowest BCUT2D eigenvalue weighted by molar-refractivity contribution is 0.0299. The number of nitrogens with two attached hydrogens (primary N) is 1. The maximum Gasteiger partial charge on any atom is 0.0695 e. The van der Waals surface area contributed by atoms with E-state index in [1.165, 1.54) is 25.7 Å². The van der Waals surface area contributed by atoms with Crippen molar-refractivity contribution in [3.8, 4) is 0 Å². The van der Waals surface area contributed by atoms with Gasteiger partial charge in [-0.2, -0.15) is 0 Å². The Morgan fingerprint density at radius 2 is 1.80 bits per heavy atom. The van der Waals surface area contributed by atoms with Crippen molar-refractivity contribution in [2.24, 2.45) is 5.73 Å². The summed E-state index contributed by atoms with van der Waals surface area (Å²) < 4.78 is 0. The third-order valence-corrected chi connectivity index (χ3v) is 3.90. The van der Waals surface area contributed by atoms with Crippen LogP contribution >= 0.6 is 0 Å². The summed E-state index contributed by atoms with van der Waals surface area (Å²) in [5.41, 5.74) is 5.99.